The number of rotatable bonds is 8. The lowest BCUT2D eigenvalue weighted by Gasteiger charge is -2.10. The molecule has 1 aromatic carbocycles. The SMILES string of the molecule is CCSc1nnc(C(F)F)n1/N=C/c1ccc(OC(F)F)c(OC)c1. The number of nitrogens with zero attached hydrogens (tertiary/aromatic N) is 4. The van der Waals surface area contributed by atoms with Crippen LogP contribution in [-0.4, -0.2) is 40.6 Å². The Balaban J connectivity index is 2.31. The van der Waals surface area contributed by atoms with Gasteiger partial charge in [-0.05, 0) is 29.5 Å². The Kier molecular flexibility index (Phi) is 6.62. The van der Waals surface area contributed by atoms with Crippen LogP contribution in [0.2, 0.25) is 0 Å². The second kappa shape index (κ2) is 8.70. The number of methoxy groups -OCH3 is 1. The minimum Gasteiger partial charge on any atom is -0.493 e. The zero-order valence-electron chi connectivity index (χ0n) is 13.2. The van der Waals surface area contributed by atoms with Crippen LogP contribution in [0.4, 0.5) is 17.6 Å². The van der Waals surface area contributed by atoms with Gasteiger partial charge in [-0.2, -0.15) is 18.6 Å². The molecule has 11 heteroatoms. The molecule has 2 aromatic rings. The van der Waals surface area contributed by atoms with Crippen molar-refractivity contribution in [2.75, 3.05) is 12.9 Å². The van der Waals surface area contributed by atoms with Crippen LogP contribution in [-0.2, 0) is 0 Å². The topological polar surface area (TPSA) is 61.5 Å². The van der Waals surface area contributed by atoms with E-state index in [1.54, 1.807) is 0 Å². The predicted molar refractivity (Wildman–Crippen MR) is 84.0 cm³/mol. The summed E-state index contributed by atoms with van der Waals surface area (Å²) in [4.78, 5) is 0. The van der Waals surface area contributed by atoms with E-state index < -0.39 is 18.9 Å². The van der Waals surface area contributed by atoms with E-state index in [0.29, 0.717) is 11.3 Å². The smallest absolute Gasteiger partial charge is 0.387 e. The highest BCUT2D eigenvalue weighted by molar-refractivity contribution is 7.99. The molecule has 0 N–H and O–H groups in total. The zero-order chi connectivity index (χ0) is 18.4. The maximum atomic E-state index is 13.0. The Morgan fingerprint density at radius 3 is 2.60 bits per heavy atom. The summed E-state index contributed by atoms with van der Waals surface area (Å²) < 4.78 is 60.8. The van der Waals surface area contributed by atoms with Crippen LogP contribution in [0.5, 0.6) is 11.5 Å². The van der Waals surface area contributed by atoms with Gasteiger partial charge in [0.2, 0.25) is 11.0 Å². The number of thioether (sulfide) groups is 1. The largest absolute Gasteiger partial charge is 0.493 e. The molecule has 0 fully saturated rings. The summed E-state index contributed by atoms with van der Waals surface area (Å²) >= 11 is 1.21. The summed E-state index contributed by atoms with van der Waals surface area (Å²) in [5.74, 6) is -0.0683. The van der Waals surface area contributed by atoms with Crippen molar-refractivity contribution in [3.8, 4) is 11.5 Å². The summed E-state index contributed by atoms with van der Waals surface area (Å²) in [5.41, 5.74) is 0.430. The number of aromatic nitrogens is 3. The van der Waals surface area contributed by atoms with Crippen molar-refractivity contribution >= 4 is 18.0 Å². The van der Waals surface area contributed by atoms with Crippen LogP contribution in [0.25, 0.3) is 0 Å². The molecule has 0 radical (unpaired) electrons. The molecule has 0 bridgehead atoms. The highest BCUT2D eigenvalue weighted by Gasteiger charge is 2.20. The molecule has 25 heavy (non-hydrogen) atoms. The molecule has 0 aliphatic heterocycles. The predicted octanol–water partition coefficient (Wildman–Crippen LogP) is 3.82. The summed E-state index contributed by atoms with van der Waals surface area (Å²) in [7, 11) is 1.29. The first-order chi connectivity index (χ1) is 12.0. The molecule has 1 aromatic heterocycles. The van der Waals surface area contributed by atoms with Gasteiger partial charge < -0.3 is 9.47 Å². The second-order valence-electron chi connectivity index (χ2n) is 4.42. The van der Waals surface area contributed by atoms with Gasteiger partial charge >= 0.3 is 6.61 Å². The summed E-state index contributed by atoms with van der Waals surface area (Å²) in [6, 6.07) is 4.09. The average Bonchev–Trinajstić information content (AvgIpc) is 2.96. The van der Waals surface area contributed by atoms with Gasteiger partial charge in [0.15, 0.2) is 11.5 Å². The molecule has 0 aliphatic rings. The van der Waals surface area contributed by atoms with Crippen LogP contribution in [0.15, 0.2) is 28.5 Å². The van der Waals surface area contributed by atoms with Gasteiger partial charge in [0.05, 0.1) is 13.3 Å². The lowest BCUT2D eigenvalue weighted by atomic mass is 10.2. The van der Waals surface area contributed by atoms with E-state index >= 15 is 0 Å². The van der Waals surface area contributed by atoms with E-state index in [1.165, 1.54) is 43.3 Å². The lowest BCUT2D eigenvalue weighted by Crippen LogP contribution is -2.04. The number of hydrogen-bond donors (Lipinski definition) is 0. The van der Waals surface area contributed by atoms with Crippen molar-refractivity contribution in [1.29, 1.82) is 0 Å². The molecule has 0 saturated carbocycles. The molecular formula is C14H14F4N4O2S. The van der Waals surface area contributed by atoms with Gasteiger partial charge in [-0.25, -0.2) is 8.78 Å². The summed E-state index contributed by atoms with van der Waals surface area (Å²) in [6.45, 7) is -1.16. The van der Waals surface area contributed by atoms with Crippen molar-refractivity contribution in [2.45, 2.75) is 25.1 Å². The molecule has 1 heterocycles. The normalized spacial score (nSPS) is 11.7. The number of benzene rings is 1. The molecular weight excluding hydrogens is 364 g/mol. The van der Waals surface area contributed by atoms with Gasteiger partial charge in [-0.15, -0.1) is 10.2 Å². The van der Waals surface area contributed by atoms with E-state index in [9.17, 15) is 17.6 Å². The fourth-order valence-electron chi connectivity index (χ4n) is 1.82. The second-order valence-corrected chi connectivity index (χ2v) is 5.65. The Morgan fingerprint density at radius 2 is 2.00 bits per heavy atom. The highest BCUT2D eigenvalue weighted by atomic mass is 32.2. The fourth-order valence-corrected chi connectivity index (χ4v) is 2.44. The molecule has 0 spiro atoms. The quantitative estimate of drug-likeness (QED) is 0.397. The standard InChI is InChI=1S/C14H14F4N4O2S/c1-3-25-14-21-20-12(11(15)16)22(14)19-7-8-4-5-9(24-13(17)18)10(6-8)23-2/h4-7,11,13H,3H2,1-2H3/b19-7+. The van der Waals surface area contributed by atoms with Gasteiger partial charge in [0.25, 0.3) is 6.43 Å². The monoisotopic (exact) mass is 378 g/mol. The third-order valence-electron chi connectivity index (χ3n) is 2.83. The van der Waals surface area contributed by atoms with Gasteiger partial charge in [-0.3, -0.25) is 0 Å². The average molecular weight is 378 g/mol. The van der Waals surface area contributed by atoms with Crippen LogP contribution >= 0.6 is 11.8 Å². The molecule has 0 amide bonds. The number of halogens is 4. The Labute approximate surface area is 144 Å². The molecule has 6 nitrogen and oxygen atoms in total. The van der Waals surface area contributed by atoms with Crippen LogP contribution < -0.4 is 9.47 Å². The van der Waals surface area contributed by atoms with Gasteiger partial charge in [0.1, 0.15) is 0 Å². The van der Waals surface area contributed by atoms with Gasteiger partial charge in [0, 0.05) is 0 Å². The van der Waals surface area contributed by atoms with Crippen LogP contribution in [0.1, 0.15) is 24.7 Å². The number of ether oxygens (including phenoxy) is 2. The maximum absolute atomic E-state index is 13.0. The maximum Gasteiger partial charge on any atom is 0.387 e. The van der Waals surface area contributed by atoms with E-state index in [4.69, 9.17) is 4.74 Å². The van der Waals surface area contributed by atoms with Crippen molar-refractivity contribution < 1.29 is 27.0 Å². The number of hydrogen-bond acceptors (Lipinski definition) is 6. The van der Waals surface area contributed by atoms with Gasteiger partial charge in [-0.1, -0.05) is 18.7 Å². The Morgan fingerprint density at radius 1 is 1.24 bits per heavy atom. The van der Waals surface area contributed by atoms with E-state index in [-0.39, 0.29) is 16.7 Å². The zero-order valence-corrected chi connectivity index (χ0v) is 14.0. The molecule has 0 unspecified atom stereocenters. The fraction of sp³-hybridized carbons (Fsp3) is 0.357. The van der Waals surface area contributed by atoms with E-state index in [1.807, 2.05) is 6.92 Å². The van der Waals surface area contributed by atoms with E-state index in [0.717, 1.165) is 4.68 Å². The molecule has 0 aliphatic carbocycles. The minimum absolute atomic E-state index is 0.0604. The minimum atomic E-state index is -2.99. The molecule has 0 atom stereocenters. The first-order valence-corrected chi connectivity index (χ1v) is 7.98. The third kappa shape index (κ3) is 4.84. The Bertz CT molecular complexity index is 740. The lowest BCUT2D eigenvalue weighted by molar-refractivity contribution is -0.0512. The third-order valence-corrected chi connectivity index (χ3v) is 3.63. The summed E-state index contributed by atoms with van der Waals surface area (Å²) in [6.07, 6.45) is -1.57. The van der Waals surface area contributed by atoms with E-state index in [2.05, 4.69) is 20.0 Å². The van der Waals surface area contributed by atoms with Crippen LogP contribution in [0.3, 0.4) is 0 Å². The molecule has 2 rings (SSSR count). The summed E-state index contributed by atoms with van der Waals surface area (Å²) in [5, 5.41) is 11.3. The van der Waals surface area contributed by atoms with Crippen molar-refractivity contribution in [3.05, 3.63) is 29.6 Å². The van der Waals surface area contributed by atoms with Crippen molar-refractivity contribution in [2.24, 2.45) is 5.10 Å². The van der Waals surface area contributed by atoms with Crippen molar-refractivity contribution in [1.82, 2.24) is 14.9 Å². The van der Waals surface area contributed by atoms with Crippen LogP contribution in [0, 0.1) is 0 Å². The number of alkyl halides is 4. The highest BCUT2D eigenvalue weighted by Crippen LogP contribution is 2.29. The first-order valence-electron chi connectivity index (χ1n) is 6.99. The Hall–Kier alpha value is -2.30. The first kappa shape index (κ1) is 19.0. The molecule has 0 saturated heterocycles. The van der Waals surface area contributed by atoms with Crippen molar-refractivity contribution in [3.63, 3.8) is 0 Å². The molecule has 136 valence electrons.